The summed E-state index contributed by atoms with van der Waals surface area (Å²) in [6, 6.07) is 7.81. The van der Waals surface area contributed by atoms with Crippen molar-refractivity contribution in [2.75, 3.05) is 13.6 Å². The summed E-state index contributed by atoms with van der Waals surface area (Å²) in [7, 11) is -2.53. The Hall–Kier alpha value is -1.05. The van der Waals surface area contributed by atoms with E-state index in [2.05, 4.69) is 5.32 Å². The molecule has 0 aliphatic heterocycles. The summed E-state index contributed by atoms with van der Waals surface area (Å²) in [6.45, 7) is -0.0727. The highest BCUT2D eigenvalue weighted by atomic mass is 32.2. The molecule has 0 bridgehead atoms. The molecule has 7 heteroatoms. The van der Waals surface area contributed by atoms with Crippen LogP contribution in [0.2, 0.25) is 0 Å². The third-order valence-electron chi connectivity index (χ3n) is 3.38. The highest BCUT2D eigenvalue weighted by Gasteiger charge is 2.22. The van der Waals surface area contributed by atoms with E-state index < -0.39 is 23.0 Å². The van der Waals surface area contributed by atoms with Gasteiger partial charge in [0.2, 0.25) is 10.0 Å². The summed E-state index contributed by atoms with van der Waals surface area (Å²) < 4.78 is 49.3. The van der Waals surface area contributed by atoms with Crippen LogP contribution in [0.5, 0.6) is 0 Å². The molecule has 1 aromatic carbocycles. The van der Waals surface area contributed by atoms with E-state index in [9.17, 15) is 17.2 Å². The maximum absolute atomic E-state index is 12.3. The van der Waals surface area contributed by atoms with Crippen LogP contribution in [-0.4, -0.2) is 38.8 Å². The van der Waals surface area contributed by atoms with Crippen LogP contribution in [0.15, 0.2) is 24.3 Å². The van der Waals surface area contributed by atoms with Crippen LogP contribution in [0.3, 0.4) is 0 Å². The first-order chi connectivity index (χ1) is 9.87. The lowest BCUT2D eigenvalue weighted by Gasteiger charge is -2.16. The van der Waals surface area contributed by atoms with Gasteiger partial charge in [-0.15, -0.1) is 0 Å². The number of rotatable bonds is 8. The molecule has 1 aliphatic rings. The van der Waals surface area contributed by atoms with Gasteiger partial charge in [0.15, 0.2) is 0 Å². The van der Waals surface area contributed by atoms with Crippen LogP contribution >= 0.6 is 0 Å². The van der Waals surface area contributed by atoms with Crippen molar-refractivity contribution in [2.45, 2.75) is 37.6 Å². The summed E-state index contributed by atoms with van der Waals surface area (Å²) in [4.78, 5) is 0. The molecule has 1 fully saturated rings. The number of sulfonamides is 1. The zero-order chi connectivity index (χ0) is 15.5. The molecule has 0 atom stereocenters. The first-order valence-corrected chi connectivity index (χ1v) is 8.51. The lowest BCUT2D eigenvalue weighted by Crippen LogP contribution is -2.32. The second-order valence-corrected chi connectivity index (χ2v) is 7.48. The zero-order valence-electron chi connectivity index (χ0n) is 11.9. The van der Waals surface area contributed by atoms with Gasteiger partial charge in [-0.05, 0) is 24.0 Å². The fourth-order valence-electron chi connectivity index (χ4n) is 2.01. The Balaban J connectivity index is 1.98. The number of nitrogens with one attached hydrogen (secondary N) is 1. The minimum Gasteiger partial charge on any atom is -0.310 e. The Morgan fingerprint density at radius 3 is 2.62 bits per heavy atom. The Morgan fingerprint density at radius 2 is 2.00 bits per heavy atom. The number of nitrogens with zero attached hydrogens (tertiary/aromatic N) is 1. The maximum Gasteiger partial charge on any atom is 0.252 e. The van der Waals surface area contributed by atoms with Gasteiger partial charge in [0.1, 0.15) is 0 Å². The van der Waals surface area contributed by atoms with Gasteiger partial charge in [-0.25, -0.2) is 17.2 Å². The standard InChI is InChI=1S/C14H20F2N2O2S/c1-18(9-14(15)16)21(19,20)10-12-4-2-3-11(7-12)8-17-13-5-6-13/h2-4,7,13-14,17H,5-6,8-10H2,1H3. The van der Waals surface area contributed by atoms with Gasteiger partial charge >= 0.3 is 0 Å². The first kappa shape index (κ1) is 16.3. The van der Waals surface area contributed by atoms with Crippen molar-refractivity contribution in [3.8, 4) is 0 Å². The van der Waals surface area contributed by atoms with Gasteiger partial charge in [-0.2, -0.15) is 4.31 Å². The fourth-order valence-corrected chi connectivity index (χ4v) is 3.17. The molecule has 0 saturated heterocycles. The van der Waals surface area contributed by atoms with Crippen molar-refractivity contribution < 1.29 is 17.2 Å². The third-order valence-corrected chi connectivity index (χ3v) is 5.18. The van der Waals surface area contributed by atoms with E-state index in [1.54, 1.807) is 12.1 Å². The largest absolute Gasteiger partial charge is 0.310 e. The lowest BCUT2D eigenvalue weighted by atomic mass is 10.1. The van der Waals surface area contributed by atoms with Crippen molar-refractivity contribution in [3.63, 3.8) is 0 Å². The van der Waals surface area contributed by atoms with Crippen LogP contribution in [0, 0.1) is 0 Å². The SMILES string of the molecule is CN(CC(F)F)S(=O)(=O)Cc1cccc(CNC2CC2)c1. The third kappa shape index (κ3) is 5.33. The normalized spacial score (nSPS) is 15.9. The van der Waals surface area contributed by atoms with E-state index in [-0.39, 0.29) is 5.75 Å². The second-order valence-electron chi connectivity index (χ2n) is 5.40. The lowest BCUT2D eigenvalue weighted by molar-refractivity contribution is 0.126. The van der Waals surface area contributed by atoms with Gasteiger partial charge in [0, 0.05) is 19.6 Å². The summed E-state index contributed by atoms with van der Waals surface area (Å²) >= 11 is 0. The summed E-state index contributed by atoms with van der Waals surface area (Å²) in [6.07, 6.45) is -0.294. The zero-order valence-corrected chi connectivity index (χ0v) is 12.7. The molecule has 0 aromatic heterocycles. The number of benzene rings is 1. The Labute approximate surface area is 124 Å². The summed E-state index contributed by atoms with van der Waals surface area (Å²) in [5, 5.41) is 3.35. The molecule has 0 radical (unpaired) electrons. The quantitative estimate of drug-likeness (QED) is 0.797. The number of hydrogen-bond donors (Lipinski definition) is 1. The molecule has 1 aliphatic carbocycles. The van der Waals surface area contributed by atoms with E-state index >= 15 is 0 Å². The average Bonchev–Trinajstić information content (AvgIpc) is 3.19. The van der Waals surface area contributed by atoms with Gasteiger partial charge in [0.05, 0.1) is 12.3 Å². The molecule has 2 rings (SSSR count). The second kappa shape index (κ2) is 6.81. The number of hydrogen-bond acceptors (Lipinski definition) is 3. The highest BCUT2D eigenvalue weighted by molar-refractivity contribution is 7.88. The molecule has 0 unspecified atom stereocenters. The Bertz CT molecular complexity index is 574. The van der Waals surface area contributed by atoms with E-state index in [0.717, 1.165) is 5.56 Å². The molecule has 0 heterocycles. The average molecular weight is 318 g/mol. The van der Waals surface area contributed by atoms with Crippen molar-refractivity contribution >= 4 is 10.0 Å². The molecule has 1 aromatic rings. The Morgan fingerprint density at radius 1 is 1.33 bits per heavy atom. The fraction of sp³-hybridized carbons (Fsp3) is 0.571. The predicted molar refractivity (Wildman–Crippen MR) is 77.6 cm³/mol. The summed E-state index contributed by atoms with van der Waals surface area (Å²) in [5.74, 6) is -0.256. The van der Waals surface area contributed by atoms with Crippen LogP contribution < -0.4 is 5.32 Å². The van der Waals surface area contributed by atoms with Gasteiger partial charge in [0.25, 0.3) is 6.43 Å². The van der Waals surface area contributed by atoms with Crippen LogP contribution in [0.4, 0.5) is 8.78 Å². The number of alkyl halides is 2. The van der Waals surface area contributed by atoms with E-state index in [1.807, 2.05) is 12.1 Å². The molecule has 21 heavy (non-hydrogen) atoms. The predicted octanol–water partition coefficient (Wildman–Crippen LogP) is 1.97. The van der Waals surface area contributed by atoms with Gasteiger partial charge < -0.3 is 5.32 Å². The smallest absolute Gasteiger partial charge is 0.252 e. The molecule has 4 nitrogen and oxygen atoms in total. The monoisotopic (exact) mass is 318 g/mol. The van der Waals surface area contributed by atoms with Gasteiger partial charge in [-0.3, -0.25) is 0 Å². The van der Waals surface area contributed by atoms with Crippen molar-refractivity contribution in [1.29, 1.82) is 0 Å². The number of halogens is 2. The molecular weight excluding hydrogens is 298 g/mol. The van der Waals surface area contributed by atoms with E-state index in [1.165, 1.54) is 19.9 Å². The van der Waals surface area contributed by atoms with Crippen LogP contribution in [0.25, 0.3) is 0 Å². The van der Waals surface area contributed by atoms with E-state index in [0.29, 0.717) is 22.5 Å². The van der Waals surface area contributed by atoms with Crippen molar-refractivity contribution in [1.82, 2.24) is 9.62 Å². The Kier molecular flexibility index (Phi) is 5.29. The van der Waals surface area contributed by atoms with Gasteiger partial charge in [-0.1, -0.05) is 24.3 Å². The van der Waals surface area contributed by atoms with Crippen LogP contribution in [-0.2, 0) is 22.3 Å². The molecule has 1 N–H and O–H groups in total. The summed E-state index contributed by atoms with van der Waals surface area (Å²) in [5.41, 5.74) is 1.62. The molecule has 1 saturated carbocycles. The molecule has 118 valence electrons. The topological polar surface area (TPSA) is 49.4 Å². The molecule has 0 spiro atoms. The minimum atomic E-state index is -3.71. The maximum atomic E-state index is 12.3. The molecule has 0 amide bonds. The van der Waals surface area contributed by atoms with E-state index in [4.69, 9.17) is 0 Å². The van der Waals surface area contributed by atoms with Crippen LogP contribution in [0.1, 0.15) is 24.0 Å². The minimum absolute atomic E-state index is 0.256. The first-order valence-electron chi connectivity index (χ1n) is 6.90. The van der Waals surface area contributed by atoms with Crippen molar-refractivity contribution in [3.05, 3.63) is 35.4 Å². The van der Waals surface area contributed by atoms with Crippen molar-refractivity contribution in [2.24, 2.45) is 0 Å². The highest BCUT2D eigenvalue weighted by Crippen LogP contribution is 2.19. The molecular formula is C14H20F2N2O2S.